The van der Waals surface area contributed by atoms with Gasteiger partial charge in [0, 0.05) is 55.6 Å². The van der Waals surface area contributed by atoms with Crippen molar-refractivity contribution in [2.45, 2.75) is 31.9 Å². The van der Waals surface area contributed by atoms with Gasteiger partial charge in [0.05, 0.1) is 12.1 Å². The third-order valence-corrected chi connectivity index (χ3v) is 4.87. The normalized spacial score (nSPS) is 15.7. The van der Waals surface area contributed by atoms with E-state index >= 15 is 0 Å². The predicted molar refractivity (Wildman–Crippen MR) is 98.0 cm³/mol. The molecule has 1 aliphatic heterocycles. The van der Waals surface area contributed by atoms with Crippen molar-refractivity contribution in [3.05, 3.63) is 55.0 Å². The summed E-state index contributed by atoms with van der Waals surface area (Å²) in [6, 6.07) is 11.5. The van der Waals surface area contributed by atoms with Gasteiger partial charge in [-0.15, -0.1) is 0 Å². The second-order valence-corrected chi connectivity index (χ2v) is 6.56. The van der Waals surface area contributed by atoms with Crippen molar-refractivity contribution in [3.63, 3.8) is 0 Å². The Labute approximate surface area is 151 Å². The minimum atomic E-state index is -2.37. The molecule has 3 aromatic rings. The van der Waals surface area contributed by atoms with Crippen LogP contribution in [-0.2, 0) is 6.54 Å². The Kier molecular flexibility index (Phi) is 4.73. The molecule has 136 valence electrons. The van der Waals surface area contributed by atoms with Crippen molar-refractivity contribution in [1.82, 2.24) is 9.55 Å². The molecule has 0 spiro atoms. The highest BCUT2D eigenvalue weighted by molar-refractivity contribution is 5.86. The second-order valence-electron chi connectivity index (χ2n) is 6.56. The summed E-state index contributed by atoms with van der Waals surface area (Å²) in [5.41, 5.74) is 1.97. The van der Waals surface area contributed by atoms with E-state index in [1.54, 1.807) is 10.8 Å². The van der Waals surface area contributed by atoms with Crippen LogP contribution >= 0.6 is 0 Å². The molecule has 4 nitrogen and oxygen atoms in total. The van der Waals surface area contributed by atoms with Crippen LogP contribution in [0.25, 0.3) is 10.9 Å². The number of pyridine rings is 1. The number of halogens is 2. The van der Waals surface area contributed by atoms with Crippen LogP contribution in [0.4, 0.5) is 14.5 Å². The van der Waals surface area contributed by atoms with E-state index in [1.807, 2.05) is 48.8 Å². The van der Waals surface area contributed by atoms with Crippen LogP contribution in [0.1, 0.15) is 12.8 Å². The third-order valence-electron chi connectivity index (χ3n) is 4.87. The Morgan fingerprint density at radius 3 is 2.58 bits per heavy atom. The van der Waals surface area contributed by atoms with E-state index < -0.39 is 6.43 Å². The summed E-state index contributed by atoms with van der Waals surface area (Å²) in [6.45, 7) is 1.56. The van der Waals surface area contributed by atoms with Crippen molar-refractivity contribution in [2.75, 3.05) is 18.0 Å². The standard InChI is InChI=1S/C20H21F2N3O/c21-20(22)14-25-13-8-17-18(25)2-1-3-19(17)26-16-6-11-24(12-7-16)15-4-9-23-10-5-15/h1-5,8-10,13,16,20H,6-7,11-12,14H2. The van der Waals surface area contributed by atoms with Gasteiger partial charge in [0.1, 0.15) is 11.9 Å². The topological polar surface area (TPSA) is 30.3 Å². The molecule has 4 rings (SSSR count). The van der Waals surface area contributed by atoms with E-state index in [-0.39, 0.29) is 12.6 Å². The van der Waals surface area contributed by atoms with Gasteiger partial charge in [-0.1, -0.05) is 6.07 Å². The van der Waals surface area contributed by atoms with Crippen LogP contribution in [0, 0.1) is 0 Å². The van der Waals surface area contributed by atoms with Gasteiger partial charge in [0.15, 0.2) is 0 Å². The number of piperidine rings is 1. The van der Waals surface area contributed by atoms with Gasteiger partial charge in [-0.05, 0) is 30.3 Å². The Bertz CT molecular complexity index is 858. The Morgan fingerprint density at radius 2 is 1.85 bits per heavy atom. The summed E-state index contributed by atoms with van der Waals surface area (Å²) in [5, 5.41) is 0.893. The average molecular weight is 357 g/mol. The largest absolute Gasteiger partial charge is 0.490 e. The lowest BCUT2D eigenvalue weighted by molar-refractivity contribution is 0.128. The predicted octanol–water partition coefficient (Wildman–Crippen LogP) is 4.35. The number of hydrogen-bond donors (Lipinski definition) is 0. The smallest absolute Gasteiger partial charge is 0.256 e. The number of nitrogens with zero attached hydrogens (tertiary/aromatic N) is 3. The molecule has 26 heavy (non-hydrogen) atoms. The number of aromatic nitrogens is 2. The maximum absolute atomic E-state index is 12.7. The van der Waals surface area contributed by atoms with Gasteiger partial charge in [-0.3, -0.25) is 4.98 Å². The average Bonchev–Trinajstić information content (AvgIpc) is 3.06. The maximum Gasteiger partial charge on any atom is 0.256 e. The second kappa shape index (κ2) is 7.32. The molecule has 0 aliphatic carbocycles. The van der Waals surface area contributed by atoms with Crippen LogP contribution in [0.15, 0.2) is 55.0 Å². The quantitative estimate of drug-likeness (QED) is 0.680. The monoisotopic (exact) mass is 357 g/mol. The number of fused-ring (bicyclic) bond motifs is 1. The van der Waals surface area contributed by atoms with E-state index in [9.17, 15) is 8.78 Å². The lowest BCUT2D eigenvalue weighted by atomic mass is 10.1. The summed E-state index contributed by atoms with van der Waals surface area (Å²) < 4.78 is 33.2. The zero-order chi connectivity index (χ0) is 17.9. The summed E-state index contributed by atoms with van der Waals surface area (Å²) in [6.07, 6.45) is 4.94. The SMILES string of the molecule is FC(F)Cn1ccc2c(OC3CCN(c4ccncc4)CC3)cccc21. The zero-order valence-corrected chi connectivity index (χ0v) is 14.4. The molecule has 0 N–H and O–H groups in total. The first-order chi connectivity index (χ1) is 12.7. The minimum absolute atomic E-state index is 0.136. The number of alkyl halides is 2. The highest BCUT2D eigenvalue weighted by atomic mass is 19.3. The van der Waals surface area contributed by atoms with Gasteiger partial charge in [0.2, 0.25) is 0 Å². The lowest BCUT2D eigenvalue weighted by Gasteiger charge is -2.33. The van der Waals surface area contributed by atoms with Crippen molar-refractivity contribution >= 4 is 16.6 Å². The number of rotatable bonds is 5. The summed E-state index contributed by atoms with van der Waals surface area (Å²) in [7, 11) is 0. The van der Waals surface area contributed by atoms with Crippen molar-refractivity contribution in [2.24, 2.45) is 0 Å². The summed E-state index contributed by atoms with van der Waals surface area (Å²) >= 11 is 0. The Hall–Kier alpha value is -2.63. The van der Waals surface area contributed by atoms with Crippen LogP contribution in [0.5, 0.6) is 5.75 Å². The first kappa shape index (κ1) is 16.8. The van der Waals surface area contributed by atoms with Crippen molar-refractivity contribution in [1.29, 1.82) is 0 Å². The van der Waals surface area contributed by atoms with E-state index in [0.29, 0.717) is 0 Å². The molecule has 1 aromatic carbocycles. The number of benzene rings is 1. The number of hydrogen-bond acceptors (Lipinski definition) is 3. The molecule has 0 unspecified atom stereocenters. The van der Waals surface area contributed by atoms with E-state index in [1.165, 1.54) is 5.69 Å². The van der Waals surface area contributed by atoms with Gasteiger partial charge in [-0.25, -0.2) is 8.78 Å². The minimum Gasteiger partial charge on any atom is -0.490 e. The third kappa shape index (κ3) is 3.49. The first-order valence-electron chi connectivity index (χ1n) is 8.88. The van der Waals surface area contributed by atoms with Gasteiger partial charge in [0.25, 0.3) is 6.43 Å². The maximum atomic E-state index is 12.7. The fraction of sp³-hybridized carbons (Fsp3) is 0.350. The van der Waals surface area contributed by atoms with E-state index in [0.717, 1.165) is 42.6 Å². The molecule has 2 aromatic heterocycles. The molecule has 0 saturated carbocycles. The first-order valence-corrected chi connectivity index (χ1v) is 8.88. The van der Waals surface area contributed by atoms with Crippen LogP contribution in [0.2, 0.25) is 0 Å². The van der Waals surface area contributed by atoms with Crippen LogP contribution < -0.4 is 9.64 Å². The molecule has 0 bridgehead atoms. The molecule has 1 fully saturated rings. The summed E-state index contributed by atoms with van der Waals surface area (Å²) in [5.74, 6) is 0.776. The highest BCUT2D eigenvalue weighted by Gasteiger charge is 2.21. The fourth-order valence-corrected chi connectivity index (χ4v) is 3.57. The van der Waals surface area contributed by atoms with E-state index in [4.69, 9.17) is 4.74 Å². The Morgan fingerprint density at radius 1 is 1.08 bits per heavy atom. The molecule has 0 radical (unpaired) electrons. The van der Waals surface area contributed by atoms with Gasteiger partial charge >= 0.3 is 0 Å². The summed E-state index contributed by atoms with van der Waals surface area (Å²) in [4.78, 5) is 6.39. The molecular formula is C20H21F2N3O. The number of anilines is 1. The molecule has 1 aliphatic rings. The van der Waals surface area contributed by atoms with Crippen molar-refractivity contribution < 1.29 is 13.5 Å². The Balaban J connectivity index is 1.44. The molecule has 0 atom stereocenters. The lowest BCUT2D eigenvalue weighted by Crippen LogP contribution is -2.38. The zero-order valence-electron chi connectivity index (χ0n) is 14.4. The van der Waals surface area contributed by atoms with Gasteiger partial charge < -0.3 is 14.2 Å². The molecular weight excluding hydrogens is 336 g/mol. The van der Waals surface area contributed by atoms with Crippen LogP contribution in [0.3, 0.4) is 0 Å². The fourth-order valence-electron chi connectivity index (χ4n) is 3.57. The molecule has 1 saturated heterocycles. The molecule has 3 heterocycles. The van der Waals surface area contributed by atoms with Crippen molar-refractivity contribution in [3.8, 4) is 5.75 Å². The van der Waals surface area contributed by atoms with Gasteiger partial charge in [-0.2, -0.15) is 0 Å². The van der Waals surface area contributed by atoms with Crippen LogP contribution in [-0.4, -0.2) is 35.2 Å². The van der Waals surface area contributed by atoms with E-state index in [2.05, 4.69) is 9.88 Å². The molecule has 0 amide bonds. The molecule has 6 heteroatoms. The highest BCUT2D eigenvalue weighted by Crippen LogP contribution is 2.30. The number of ether oxygens (including phenoxy) is 1.